The van der Waals surface area contributed by atoms with Crippen molar-refractivity contribution in [2.24, 2.45) is 0 Å². The maximum absolute atomic E-state index is 10.1. The summed E-state index contributed by atoms with van der Waals surface area (Å²) in [4.78, 5) is 20.2. The first kappa shape index (κ1) is 37.8. The van der Waals surface area contributed by atoms with Gasteiger partial charge in [0.2, 0.25) is 0 Å². The predicted octanol–water partition coefficient (Wildman–Crippen LogP) is 4.55. The third-order valence-electron chi connectivity index (χ3n) is 4.97. The molecule has 0 unspecified atom stereocenters. The molecule has 4 nitrogen and oxygen atoms in total. The van der Waals surface area contributed by atoms with E-state index in [2.05, 4.69) is 13.8 Å². The molecule has 0 bridgehead atoms. The van der Waals surface area contributed by atoms with Crippen LogP contribution in [0.1, 0.15) is 142 Å². The SMILES string of the molecule is CCCCCCCCCCCC(=O)[O-].CCCCCCCCCCCC(=O)[O-].[Mg+2].[Sn+4]. The zero-order valence-corrected chi connectivity index (χ0v) is 24.3. The first-order valence-electron chi connectivity index (χ1n) is 11.9. The summed E-state index contributed by atoms with van der Waals surface area (Å²) in [7, 11) is 0. The van der Waals surface area contributed by atoms with Gasteiger partial charge >= 0.3 is 47.0 Å². The van der Waals surface area contributed by atoms with Crippen LogP contribution in [0.4, 0.5) is 0 Å². The van der Waals surface area contributed by atoms with Gasteiger partial charge in [0.25, 0.3) is 0 Å². The van der Waals surface area contributed by atoms with Crippen LogP contribution < -0.4 is 10.2 Å². The van der Waals surface area contributed by atoms with E-state index in [1.807, 2.05) is 0 Å². The summed E-state index contributed by atoms with van der Waals surface area (Å²) in [6.45, 7) is 4.44. The molecule has 0 amide bonds. The minimum atomic E-state index is -0.909. The Labute approximate surface area is 219 Å². The van der Waals surface area contributed by atoms with Crippen LogP contribution in [0.3, 0.4) is 0 Å². The number of carboxylic acids is 2. The fourth-order valence-corrected chi connectivity index (χ4v) is 3.16. The van der Waals surface area contributed by atoms with E-state index in [9.17, 15) is 19.8 Å². The fraction of sp³-hybridized carbons (Fsp3) is 0.917. The van der Waals surface area contributed by atoms with E-state index in [0.717, 1.165) is 25.7 Å². The molecule has 168 valence electrons. The Morgan fingerprint density at radius 2 is 0.667 bits per heavy atom. The number of unbranched alkanes of at least 4 members (excludes halogenated alkanes) is 16. The molecule has 0 atom stereocenters. The molecule has 0 aromatic carbocycles. The molecule has 0 aromatic rings. The van der Waals surface area contributed by atoms with Crippen LogP contribution in [0.5, 0.6) is 0 Å². The van der Waals surface area contributed by atoms with Gasteiger partial charge in [-0.1, -0.05) is 117 Å². The summed E-state index contributed by atoms with van der Waals surface area (Å²) in [5.74, 6) is -1.82. The van der Waals surface area contributed by atoms with Gasteiger partial charge < -0.3 is 19.8 Å². The maximum atomic E-state index is 10.1. The van der Waals surface area contributed by atoms with E-state index >= 15 is 0 Å². The number of hydrogen-bond donors (Lipinski definition) is 0. The van der Waals surface area contributed by atoms with Gasteiger partial charge in [-0.3, -0.25) is 0 Å². The van der Waals surface area contributed by atoms with E-state index < -0.39 is 11.9 Å². The Balaban J connectivity index is -0.000000211. The Kier molecular flexibility index (Phi) is 43.0. The van der Waals surface area contributed by atoms with Crippen molar-refractivity contribution >= 4 is 58.9 Å². The number of carbonyl (C=O) groups excluding carboxylic acids is 2. The minimum absolute atomic E-state index is 0. The van der Waals surface area contributed by atoms with E-state index in [1.165, 1.54) is 89.9 Å². The largest absolute Gasteiger partial charge is 4.00 e. The van der Waals surface area contributed by atoms with E-state index in [1.54, 1.807) is 0 Å². The summed E-state index contributed by atoms with van der Waals surface area (Å²) >= 11 is 0. The van der Waals surface area contributed by atoms with Crippen molar-refractivity contribution in [2.75, 3.05) is 0 Å². The topological polar surface area (TPSA) is 80.3 Å². The normalized spacial score (nSPS) is 9.67. The van der Waals surface area contributed by atoms with E-state index in [-0.39, 0.29) is 59.8 Å². The molecular formula is C24H46MgO4Sn+4. The Morgan fingerprint density at radius 3 is 0.867 bits per heavy atom. The van der Waals surface area contributed by atoms with Crippen LogP contribution in [-0.4, -0.2) is 58.9 Å². The molecule has 0 spiro atoms. The molecule has 0 aromatic heterocycles. The number of carbonyl (C=O) groups is 2. The second-order valence-corrected chi connectivity index (χ2v) is 7.90. The first-order valence-corrected chi connectivity index (χ1v) is 11.9. The first-order chi connectivity index (χ1) is 13.5. The van der Waals surface area contributed by atoms with Crippen molar-refractivity contribution in [3.63, 3.8) is 0 Å². The quantitative estimate of drug-likeness (QED) is 0.167. The summed E-state index contributed by atoms with van der Waals surface area (Å²) < 4.78 is 0. The van der Waals surface area contributed by atoms with Crippen molar-refractivity contribution in [1.29, 1.82) is 0 Å². The number of hydrogen-bond acceptors (Lipinski definition) is 4. The van der Waals surface area contributed by atoms with Crippen molar-refractivity contribution in [2.45, 2.75) is 142 Å². The molecule has 0 aliphatic carbocycles. The monoisotopic (exact) mass is 542 g/mol. The van der Waals surface area contributed by atoms with Crippen LogP contribution in [0.15, 0.2) is 0 Å². The van der Waals surface area contributed by atoms with Gasteiger partial charge in [-0.05, 0) is 25.7 Å². The van der Waals surface area contributed by atoms with Crippen LogP contribution in [0.2, 0.25) is 0 Å². The van der Waals surface area contributed by atoms with Crippen LogP contribution in [0, 0.1) is 0 Å². The van der Waals surface area contributed by atoms with Gasteiger partial charge in [-0.2, -0.15) is 0 Å². The molecule has 0 radical (unpaired) electrons. The standard InChI is InChI=1S/2C12H24O2.Mg.Sn/c2*1-2-3-4-5-6-7-8-9-10-11-12(13)14;;/h2*2-11H2,1H3,(H,13,14);;/q;;+2;+4/p-2. The van der Waals surface area contributed by atoms with E-state index in [0.29, 0.717) is 0 Å². The number of carboxylic acid groups (broad SMARTS) is 2. The van der Waals surface area contributed by atoms with Crippen molar-refractivity contribution in [3.8, 4) is 0 Å². The van der Waals surface area contributed by atoms with Gasteiger partial charge in [0.05, 0.1) is 0 Å². The zero-order chi connectivity index (χ0) is 21.3. The average Bonchev–Trinajstić information content (AvgIpc) is 2.65. The molecule has 0 aliphatic rings. The Bertz CT molecular complexity index is 309. The Morgan fingerprint density at radius 1 is 0.467 bits per heavy atom. The van der Waals surface area contributed by atoms with Crippen LogP contribution >= 0.6 is 0 Å². The molecule has 0 saturated heterocycles. The molecule has 0 saturated carbocycles. The van der Waals surface area contributed by atoms with Gasteiger partial charge in [-0.25, -0.2) is 0 Å². The van der Waals surface area contributed by atoms with Gasteiger partial charge in [-0.15, -0.1) is 0 Å². The second-order valence-electron chi connectivity index (χ2n) is 7.90. The Hall–Kier alpha value is 0.505. The number of rotatable bonds is 20. The third-order valence-corrected chi connectivity index (χ3v) is 4.97. The van der Waals surface area contributed by atoms with Crippen LogP contribution in [-0.2, 0) is 9.59 Å². The second kappa shape index (κ2) is 34.1. The molecule has 0 fully saturated rings. The number of aliphatic carboxylic acids is 2. The molecule has 0 N–H and O–H groups in total. The van der Waals surface area contributed by atoms with E-state index in [4.69, 9.17) is 0 Å². The molecule has 0 rings (SSSR count). The molecule has 30 heavy (non-hydrogen) atoms. The van der Waals surface area contributed by atoms with Crippen molar-refractivity contribution in [1.82, 2.24) is 0 Å². The van der Waals surface area contributed by atoms with Crippen molar-refractivity contribution < 1.29 is 19.8 Å². The van der Waals surface area contributed by atoms with Crippen LogP contribution in [0.25, 0.3) is 0 Å². The fourth-order valence-electron chi connectivity index (χ4n) is 3.16. The maximum Gasteiger partial charge on any atom is 4.00 e. The molecular weight excluding hydrogens is 495 g/mol. The minimum Gasteiger partial charge on any atom is -0.550 e. The summed E-state index contributed by atoms with van der Waals surface area (Å²) in [6.07, 6.45) is 22.3. The van der Waals surface area contributed by atoms with Crippen molar-refractivity contribution in [3.05, 3.63) is 0 Å². The third kappa shape index (κ3) is 42.6. The average molecular weight is 542 g/mol. The summed E-state index contributed by atoms with van der Waals surface area (Å²) in [5.41, 5.74) is 0. The molecule has 0 aliphatic heterocycles. The summed E-state index contributed by atoms with van der Waals surface area (Å²) in [5, 5.41) is 20.2. The smallest absolute Gasteiger partial charge is 0.550 e. The predicted molar refractivity (Wildman–Crippen MR) is 125 cm³/mol. The van der Waals surface area contributed by atoms with Gasteiger partial charge in [0, 0.05) is 11.9 Å². The zero-order valence-electron chi connectivity index (χ0n) is 20.0. The summed E-state index contributed by atoms with van der Waals surface area (Å²) in [6, 6.07) is 0. The molecule has 6 heteroatoms. The van der Waals surface area contributed by atoms with Gasteiger partial charge in [0.1, 0.15) is 0 Å². The van der Waals surface area contributed by atoms with Gasteiger partial charge in [0.15, 0.2) is 0 Å². The molecule has 0 heterocycles.